The van der Waals surface area contributed by atoms with Crippen LogP contribution in [0.25, 0.3) is 0 Å². The zero-order valence-electron chi connectivity index (χ0n) is 18.6. The molecule has 1 amide bonds. The zero-order chi connectivity index (χ0) is 24.2. The summed E-state index contributed by atoms with van der Waals surface area (Å²) in [5, 5.41) is 0.0857. The molecule has 0 saturated heterocycles. The summed E-state index contributed by atoms with van der Waals surface area (Å²) in [6, 6.07) is 17.0. The highest BCUT2D eigenvalue weighted by Gasteiger charge is 2.23. The number of halogens is 2. The Labute approximate surface area is 198 Å². The molecular formula is C25H25ClFNO4S. The van der Waals surface area contributed by atoms with Crippen molar-refractivity contribution >= 4 is 27.6 Å². The standard InChI is InChI=1S/C25H25ClFNO4S/c1-17(2)15-28(25(29)21-8-4-5-10-23(21)27)16-19-11-13-20(14-12-19)32-33(30,31)24-18(3)7-6-9-22(24)26/h4-14,17H,15-16H2,1-3H3. The number of rotatable bonds is 8. The maximum absolute atomic E-state index is 14.2. The highest BCUT2D eigenvalue weighted by Crippen LogP contribution is 2.28. The van der Waals surface area contributed by atoms with Crippen molar-refractivity contribution < 1.29 is 21.8 Å². The highest BCUT2D eigenvalue weighted by molar-refractivity contribution is 7.87. The molecule has 0 aliphatic carbocycles. The molecule has 0 aliphatic heterocycles. The van der Waals surface area contributed by atoms with Gasteiger partial charge in [-0.25, -0.2) is 4.39 Å². The van der Waals surface area contributed by atoms with Gasteiger partial charge in [-0.15, -0.1) is 0 Å². The lowest BCUT2D eigenvalue weighted by molar-refractivity contribution is 0.0718. The van der Waals surface area contributed by atoms with Gasteiger partial charge in [0.05, 0.1) is 10.6 Å². The van der Waals surface area contributed by atoms with Crippen LogP contribution in [-0.2, 0) is 16.7 Å². The maximum atomic E-state index is 14.2. The second-order valence-corrected chi connectivity index (χ2v) is 10.0. The molecule has 3 aromatic rings. The number of aryl methyl sites for hydroxylation is 1. The summed E-state index contributed by atoms with van der Waals surface area (Å²) in [5.41, 5.74) is 1.24. The predicted molar refractivity (Wildman–Crippen MR) is 126 cm³/mol. The van der Waals surface area contributed by atoms with Crippen LogP contribution in [0.15, 0.2) is 71.6 Å². The van der Waals surface area contributed by atoms with Crippen molar-refractivity contribution in [2.24, 2.45) is 5.92 Å². The van der Waals surface area contributed by atoms with Crippen LogP contribution < -0.4 is 4.18 Å². The topological polar surface area (TPSA) is 63.7 Å². The Morgan fingerprint density at radius 3 is 2.30 bits per heavy atom. The minimum Gasteiger partial charge on any atom is -0.379 e. The molecule has 0 saturated carbocycles. The Morgan fingerprint density at radius 1 is 1.03 bits per heavy atom. The largest absolute Gasteiger partial charge is 0.379 e. The lowest BCUT2D eigenvalue weighted by Crippen LogP contribution is -2.34. The fourth-order valence-corrected chi connectivity index (χ4v) is 5.16. The number of benzene rings is 3. The second kappa shape index (κ2) is 10.4. The quantitative estimate of drug-likeness (QED) is 0.372. The van der Waals surface area contributed by atoms with Gasteiger partial charge in [0.15, 0.2) is 0 Å². The van der Waals surface area contributed by atoms with Gasteiger partial charge in [-0.1, -0.05) is 61.8 Å². The lowest BCUT2D eigenvalue weighted by Gasteiger charge is -2.25. The van der Waals surface area contributed by atoms with E-state index in [-0.39, 0.29) is 33.7 Å². The average molecular weight is 490 g/mol. The summed E-state index contributed by atoms with van der Waals surface area (Å²) in [6.07, 6.45) is 0. The van der Waals surface area contributed by atoms with Crippen molar-refractivity contribution in [1.82, 2.24) is 4.90 Å². The van der Waals surface area contributed by atoms with E-state index in [0.29, 0.717) is 12.1 Å². The SMILES string of the molecule is Cc1cccc(Cl)c1S(=O)(=O)Oc1ccc(CN(CC(C)C)C(=O)c2ccccc2F)cc1. The van der Waals surface area contributed by atoms with E-state index in [2.05, 4.69) is 0 Å². The first-order valence-corrected chi connectivity index (χ1v) is 12.2. The molecule has 0 aromatic heterocycles. The predicted octanol–water partition coefficient (Wildman–Crippen LogP) is 5.85. The Hall–Kier alpha value is -2.90. The molecular weight excluding hydrogens is 465 g/mol. The van der Waals surface area contributed by atoms with Gasteiger partial charge >= 0.3 is 10.1 Å². The van der Waals surface area contributed by atoms with E-state index >= 15 is 0 Å². The molecule has 0 radical (unpaired) electrons. The third-order valence-electron chi connectivity index (χ3n) is 4.89. The molecule has 0 aliphatic rings. The first kappa shape index (κ1) is 24.7. The van der Waals surface area contributed by atoms with E-state index in [9.17, 15) is 17.6 Å². The van der Waals surface area contributed by atoms with Crippen LogP contribution in [0.1, 0.15) is 35.3 Å². The number of carbonyl (C=O) groups is 1. The van der Waals surface area contributed by atoms with Crippen LogP contribution in [0.4, 0.5) is 4.39 Å². The molecule has 0 atom stereocenters. The van der Waals surface area contributed by atoms with Crippen LogP contribution in [0.3, 0.4) is 0 Å². The smallest absolute Gasteiger partial charge is 0.340 e. The average Bonchev–Trinajstić information content (AvgIpc) is 2.73. The Balaban J connectivity index is 1.79. The van der Waals surface area contributed by atoms with Crippen LogP contribution in [0.2, 0.25) is 5.02 Å². The number of hydrogen-bond donors (Lipinski definition) is 0. The van der Waals surface area contributed by atoms with Crippen molar-refractivity contribution in [3.63, 3.8) is 0 Å². The number of amides is 1. The molecule has 8 heteroatoms. The molecule has 5 nitrogen and oxygen atoms in total. The van der Waals surface area contributed by atoms with Crippen molar-refractivity contribution in [2.45, 2.75) is 32.2 Å². The Bertz CT molecular complexity index is 1220. The Kier molecular flexibility index (Phi) is 7.76. The van der Waals surface area contributed by atoms with Crippen molar-refractivity contribution in [1.29, 1.82) is 0 Å². The minimum atomic E-state index is -4.12. The highest BCUT2D eigenvalue weighted by atomic mass is 35.5. The van der Waals surface area contributed by atoms with Crippen molar-refractivity contribution in [3.8, 4) is 5.75 Å². The molecule has 33 heavy (non-hydrogen) atoms. The number of carbonyl (C=O) groups excluding carboxylic acids is 1. The van der Waals surface area contributed by atoms with Crippen LogP contribution >= 0.6 is 11.6 Å². The normalized spacial score (nSPS) is 11.5. The van der Waals surface area contributed by atoms with Crippen molar-refractivity contribution in [3.05, 3.63) is 94.3 Å². The van der Waals surface area contributed by atoms with Gasteiger partial charge < -0.3 is 9.08 Å². The molecule has 0 spiro atoms. The zero-order valence-corrected chi connectivity index (χ0v) is 20.2. The van der Waals surface area contributed by atoms with E-state index in [1.165, 1.54) is 36.4 Å². The lowest BCUT2D eigenvalue weighted by atomic mass is 10.1. The maximum Gasteiger partial charge on any atom is 0.340 e. The number of nitrogens with zero attached hydrogens (tertiary/aromatic N) is 1. The first-order chi connectivity index (χ1) is 15.6. The summed E-state index contributed by atoms with van der Waals surface area (Å²) in [4.78, 5) is 14.4. The molecule has 0 bridgehead atoms. The van der Waals surface area contributed by atoms with Crippen LogP contribution in [0, 0.1) is 18.7 Å². The first-order valence-electron chi connectivity index (χ1n) is 10.4. The Morgan fingerprint density at radius 2 is 1.70 bits per heavy atom. The van der Waals surface area contributed by atoms with Gasteiger partial charge in [-0.3, -0.25) is 4.79 Å². The van der Waals surface area contributed by atoms with Gasteiger partial charge in [0, 0.05) is 13.1 Å². The van der Waals surface area contributed by atoms with Gasteiger partial charge in [0.2, 0.25) is 0 Å². The molecule has 0 fully saturated rings. The van der Waals surface area contributed by atoms with E-state index in [4.69, 9.17) is 15.8 Å². The summed E-state index contributed by atoms with van der Waals surface area (Å²) >= 11 is 6.07. The third kappa shape index (κ3) is 6.12. The van der Waals surface area contributed by atoms with Gasteiger partial charge in [0.1, 0.15) is 16.5 Å². The fraction of sp³-hybridized carbons (Fsp3) is 0.240. The monoisotopic (exact) mass is 489 g/mol. The summed E-state index contributed by atoms with van der Waals surface area (Å²) in [5.74, 6) is -0.680. The fourth-order valence-electron chi connectivity index (χ4n) is 3.44. The van der Waals surface area contributed by atoms with Gasteiger partial charge in [0.25, 0.3) is 5.91 Å². The van der Waals surface area contributed by atoms with E-state index < -0.39 is 21.8 Å². The summed E-state index contributed by atoms with van der Waals surface area (Å²) < 4.78 is 44.8. The second-order valence-electron chi connectivity index (χ2n) is 8.13. The number of hydrogen-bond acceptors (Lipinski definition) is 4. The van der Waals surface area contributed by atoms with E-state index in [0.717, 1.165) is 5.56 Å². The van der Waals surface area contributed by atoms with Gasteiger partial charge in [-0.05, 0) is 54.3 Å². The molecule has 0 unspecified atom stereocenters. The van der Waals surface area contributed by atoms with E-state index in [1.807, 2.05) is 13.8 Å². The van der Waals surface area contributed by atoms with E-state index in [1.54, 1.807) is 42.2 Å². The summed E-state index contributed by atoms with van der Waals surface area (Å²) in [6.45, 7) is 6.26. The van der Waals surface area contributed by atoms with Crippen LogP contribution in [-0.4, -0.2) is 25.8 Å². The molecule has 3 aromatic carbocycles. The van der Waals surface area contributed by atoms with Gasteiger partial charge in [-0.2, -0.15) is 8.42 Å². The van der Waals surface area contributed by atoms with Crippen LogP contribution in [0.5, 0.6) is 5.75 Å². The summed E-state index contributed by atoms with van der Waals surface area (Å²) in [7, 11) is -4.12. The minimum absolute atomic E-state index is 0.0132. The third-order valence-corrected chi connectivity index (χ3v) is 6.77. The van der Waals surface area contributed by atoms with Crippen molar-refractivity contribution in [2.75, 3.05) is 6.54 Å². The molecule has 0 heterocycles. The molecule has 174 valence electrons. The molecule has 3 rings (SSSR count). The molecule has 0 N–H and O–H groups in total.